The number of ether oxygens (including phenoxy) is 2. The fourth-order valence-electron chi connectivity index (χ4n) is 2.99. The van der Waals surface area contributed by atoms with Gasteiger partial charge in [-0.2, -0.15) is 0 Å². The minimum absolute atomic E-state index is 0.0214. The van der Waals surface area contributed by atoms with Crippen molar-refractivity contribution in [3.63, 3.8) is 0 Å². The normalized spacial score (nSPS) is 10.8. The van der Waals surface area contributed by atoms with Crippen LogP contribution in [-0.4, -0.2) is 28.1 Å². The van der Waals surface area contributed by atoms with Gasteiger partial charge in [0.25, 0.3) is 0 Å². The molecule has 0 bridgehead atoms. The van der Waals surface area contributed by atoms with Crippen molar-refractivity contribution >= 4 is 17.0 Å². The summed E-state index contributed by atoms with van der Waals surface area (Å²) in [5.41, 5.74) is 3.73. The Hall–Kier alpha value is -3.74. The first kappa shape index (κ1) is 18.6. The summed E-state index contributed by atoms with van der Waals surface area (Å²) in [6.45, 7) is 0.521. The zero-order chi connectivity index (χ0) is 20.2. The van der Waals surface area contributed by atoms with Crippen LogP contribution < -0.4 is 4.74 Å². The van der Waals surface area contributed by atoms with Crippen molar-refractivity contribution < 1.29 is 18.7 Å². The third-order valence-corrected chi connectivity index (χ3v) is 4.53. The molecule has 0 saturated heterocycles. The second kappa shape index (κ2) is 8.10. The van der Waals surface area contributed by atoms with Gasteiger partial charge < -0.3 is 9.47 Å². The number of para-hydroxylation sites is 1. The molecule has 0 spiro atoms. The van der Waals surface area contributed by atoms with Crippen LogP contribution >= 0.6 is 0 Å². The van der Waals surface area contributed by atoms with E-state index in [1.807, 2.05) is 36.4 Å². The number of methoxy groups -OCH3 is 1. The zero-order valence-electron chi connectivity index (χ0n) is 15.7. The third kappa shape index (κ3) is 4.08. The average molecular weight is 391 g/mol. The van der Waals surface area contributed by atoms with Crippen molar-refractivity contribution in [2.75, 3.05) is 7.11 Å². The molecule has 146 valence electrons. The molecule has 0 aliphatic rings. The van der Waals surface area contributed by atoms with E-state index in [2.05, 4.69) is 10.3 Å². The molecule has 0 amide bonds. The number of benzene rings is 3. The largest absolute Gasteiger partial charge is 0.494 e. The molecular weight excluding hydrogens is 373 g/mol. The molecule has 3 aromatic carbocycles. The number of carbonyl (C=O) groups excluding carboxylic acids is 1. The molecule has 1 heterocycles. The lowest BCUT2D eigenvalue weighted by atomic mass is 10.1. The quantitative estimate of drug-likeness (QED) is 0.465. The number of esters is 1. The fraction of sp³-hybridized carbons (Fsp3) is 0.136. The molecule has 29 heavy (non-hydrogen) atoms. The van der Waals surface area contributed by atoms with E-state index >= 15 is 0 Å². The second-order valence-corrected chi connectivity index (χ2v) is 6.48. The average Bonchev–Trinajstić information content (AvgIpc) is 3.15. The molecule has 0 unspecified atom stereocenters. The van der Waals surface area contributed by atoms with Crippen LogP contribution in [0.15, 0.2) is 66.7 Å². The molecule has 0 radical (unpaired) electrons. The highest BCUT2D eigenvalue weighted by atomic mass is 19.1. The molecular formula is C22H18FN3O3. The Morgan fingerprint density at radius 1 is 1.03 bits per heavy atom. The van der Waals surface area contributed by atoms with E-state index in [-0.39, 0.29) is 12.4 Å². The highest BCUT2D eigenvalue weighted by Gasteiger charge is 2.10. The number of halogens is 1. The summed E-state index contributed by atoms with van der Waals surface area (Å²) in [5, 5.41) is 8.30. The molecule has 4 rings (SSSR count). The molecule has 0 aliphatic heterocycles. The lowest BCUT2D eigenvalue weighted by Crippen LogP contribution is -2.06. The molecule has 0 fully saturated rings. The van der Waals surface area contributed by atoms with Crippen LogP contribution in [0.25, 0.3) is 11.0 Å². The second-order valence-electron chi connectivity index (χ2n) is 6.48. The Morgan fingerprint density at radius 3 is 2.55 bits per heavy atom. The van der Waals surface area contributed by atoms with Crippen molar-refractivity contribution in [1.82, 2.24) is 15.0 Å². The van der Waals surface area contributed by atoms with Crippen molar-refractivity contribution in [2.45, 2.75) is 13.2 Å². The Bertz CT molecular complexity index is 1160. The maximum atomic E-state index is 13.7. The van der Waals surface area contributed by atoms with Gasteiger partial charge in [-0.15, -0.1) is 5.10 Å². The maximum absolute atomic E-state index is 13.7. The number of rotatable bonds is 6. The van der Waals surface area contributed by atoms with Crippen LogP contribution in [0.2, 0.25) is 0 Å². The van der Waals surface area contributed by atoms with E-state index < -0.39 is 11.8 Å². The summed E-state index contributed by atoms with van der Waals surface area (Å²) >= 11 is 0. The van der Waals surface area contributed by atoms with Gasteiger partial charge in [0, 0.05) is 0 Å². The SMILES string of the molecule is COc1ccc(COC(=O)c2ccc(Cn3nnc4ccccc43)cc2)cc1F. The van der Waals surface area contributed by atoms with Crippen molar-refractivity contribution in [3.05, 3.63) is 89.2 Å². The summed E-state index contributed by atoms with van der Waals surface area (Å²) < 4.78 is 25.7. The summed E-state index contributed by atoms with van der Waals surface area (Å²) in [4.78, 5) is 12.3. The Labute approximate surface area is 166 Å². The number of hydrogen-bond donors (Lipinski definition) is 0. The predicted octanol–water partition coefficient (Wildman–Crippen LogP) is 3.98. The highest BCUT2D eigenvalue weighted by molar-refractivity contribution is 5.89. The van der Waals surface area contributed by atoms with Crippen molar-refractivity contribution in [3.8, 4) is 5.75 Å². The number of fused-ring (bicyclic) bond motifs is 1. The first-order valence-electron chi connectivity index (χ1n) is 9.01. The smallest absolute Gasteiger partial charge is 0.338 e. The highest BCUT2D eigenvalue weighted by Crippen LogP contribution is 2.19. The lowest BCUT2D eigenvalue weighted by molar-refractivity contribution is 0.0472. The van der Waals surface area contributed by atoms with Crippen LogP contribution in [0.4, 0.5) is 4.39 Å². The van der Waals surface area contributed by atoms with Gasteiger partial charge in [0.15, 0.2) is 11.6 Å². The van der Waals surface area contributed by atoms with Crippen molar-refractivity contribution in [2.24, 2.45) is 0 Å². The van der Waals surface area contributed by atoms with Gasteiger partial charge in [0.05, 0.1) is 24.7 Å². The third-order valence-electron chi connectivity index (χ3n) is 4.53. The maximum Gasteiger partial charge on any atom is 0.338 e. The van der Waals surface area contributed by atoms with Gasteiger partial charge in [-0.05, 0) is 47.5 Å². The standard InChI is InChI=1S/C22H18FN3O3/c1-28-21-11-8-16(12-18(21)23)14-29-22(27)17-9-6-15(7-10-17)13-26-20-5-3-2-4-19(20)24-25-26/h2-12H,13-14H2,1H3. The van der Waals surface area contributed by atoms with E-state index in [4.69, 9.17) is 9.47 Å². The summed E-state index contributed by atoms with van der Waals surface area (Å²) in [5.74, 6) is -0.819. The zero-order valence-corrected chi connectivity index (χ0v) is 15.7. The molecule has 4 aromatic rings. The fourth-order valence-corrected chi connectivity index (χ4v) is 2.99. The van der Waals surface area contributed by atoms with Crippen LogP contribution in [0, 0.1) is 5.82 Å². The van der Waals surface area contributed by atoms with E-state index in [1.165, 1.54) is 19.2 Å². The summed E-state index contributed by atoms with van der Waals surface area (Å²) in [7, 11) is 1.40. The Morgan fingerprint density at radius 2 is 1.79 bits per heavy atom. The minimum Gasteiger partial charge on any atom is -0.494 e. The van der Waals surface area contributed by atoms with Crippen LogP contribution in [-0.2, 0) is 17.9 Å². The number of carbonyl (C=O) groups is 1. The van der Waals surface area contributed by atoms with E-state index in [0.29, 0.717) is 17.7 Å². The molecule has 0 atom stereocenters. The predicted molar refractivity (Wildman–Crippen MR) is 105 cm³/mol. The van der Waals surface area contributed by atoms with Crippen LogP contribution in [0.1, 0.15) is 21.5 Å². The summed E-state index contributed by atoms with van der Waals surface area (Å²) in [6, 6.07) is 19.3. The Kier molecular flexibility index (Phi) is 5.20. The molecule has 0 aliphatic carbocycles. The number of nitrogens with zero attached hydrogens (tertiary/aromatic N) is 3. The molecule has 7 heteroatoms. The van der Waals surface area contributed by atoms with Gasteiger partial charge >= 0.3 is 5.97 Å². The van der Waals surface area contributed by atoms with Crippen molar-refractivity contribution in [1.29, 1.82) is 0 Å². The molecule has 0 N–H and O–H groups in total. The molecule has 6 nitrogen and oxygen atoms in total. The lowest BCUT2D eigenvalue weighted by Gasteiger charge is -2.08. The van der Waals surface area contributed by atoms with Crippen LogP contribution in [0.3, 0.4) is 0 Å². The van der Waals surface area contributed by atoms with Gasteiger partial charge in [-0.1, -0.05) is 35.5 Å². The van der Waals surface area contributed by atoms with E-state index in [9.17, 15) is 9.18 Å². The van der Waals surface area contributed by atoms with Crippen LogP contribution in [0.5, 0.6) is 5.75 Å². The topological polar surface area (TPSA) is 66.2 Å². The molecule has 0 saturated carbocycles. The van der Waals surface area contributed by atoms with Gasteiger partial charge in [-0.25, -0.2) is 13.9 Å². The minimum atomic E-state index is -0.494. The first-order valence-corrected chi connectivity index (χ1v) is 9.01. The first-order chi connectivity index (χ1) is 14.1. The van der Waals surface area contributed by atoms with Gasteiger partial charge in [0.2, 0.25) is 0 Å². The Balaban J connectivity index is 1.39. The van der Waals surface area contributed by atoms with Gasteiger partial charge in [-0.3, -0.25) is 0 Å². The van der Waals surface area contributed by atoms with E-state index in [1.54, 1.807) is 22.9 Å². The number of hydrogen-bond acceptors (Lipinski definition) is 5. The number of aromatic nitrogens is 3. The van der Waals surface area contributed by atoms with Gasteiger partial charge in [0.1, 0.15) is 12.1 Å². The summed E-state index contributed by atoms with van der Waals surface area (Å²) in [6.07, 6.45) is 0. The molecule has 1 aromatic heterocycles. The van der Waals surface area contributed by atoms with E-state index in [0.717, 1.165) is 16.6 Å². The monoisotopic (exact) mass is 391 g/mol.